The summed E-state index contributed by atoms with van der Waals surface area (Å²) in [6.07, 6.45) is 1.61. The van der Waals surface area contributed by atoms with Gasteiger partial charge in [-0.25, -0.2) is 5.43 Å². The van der Waals surface area contributed by atoms with Crippen molar-refractivity contribution in [1.82, 2.24) is 5.43 Å². The minimum atomic E-state index is -0.542. The Bertz CT molecular complexity index is 775. The average Bonchev–Trinajstić information content (AvgIpc) is 2.61. The van der Waals surface area contributed by atoms with Crippen molar-refractivity contribution >= 4 is 17.8 Å². The molecule has 0 radical (unpaired) electrons. The zero-order valence-corrected chi connectivity index (χ0v) is 14.0. The number of carbonyl (C=O) groups excluding carboxylic acids is 1. The Balaban J connectivity index is 1.87. The summed E-state index contributed by atoms with van der Waals surface area (Å²) in [5, 5.41) is 14.9. The van der Waals surface area contributed by atoms with Crippen molar-refractivity contribution in [2.75, 3.05) is 6.61 Å². The number of nitrogens with one attached hydrogen (secondary N) is 1. The van der Waals surface area contributed by atoms with Crippen molar-refractivity contribution in [3.8, 4) is 5.75 Å². The molecule has 0 aliphatic carbocycles. The Morgan fingerprint density at radius 1 is 1.32 bits per heavy atom. The van der Waals surface area contributed by atoms with E-state index in [-0.39, 0.29) is 24.0 Å². The summed E-state index contributed by atoms with van der Waals surface area (Å²) in [7, 11) is 0. The van der Waals surface area contributed by atoms with Gasteiger partial charge in [0.2, 0.25) is 0 Å². The van der Waals surface area contributed by atoms with E-state index < -0.39 is 10.8 Å². The molecule has 0 bridgehead atoms. The summed E-state index contributed by atoms with van der Waals surface area (Å²) in [4.78, 5) is 22.2. The Hall–Kier alpha value is -3.22. The monoisotopic (exact) mass is 341 g/mol. The van der Waals surface area contributed by atoms with Crippen LogP contribution >= 0.6 is 0 Å². The third-order valence-electron chi connectivity index (χ3n) is 3.48. The van der Waals surface area contributed by atoms with Gasteiger partial charge in [0.15, 0.2) is 12.4 Å². The quantitative estimate of drug-likeness (QED) is 0.475. The minimum absolute atomic E-state index is 0.0422. The molecule has 2 aromatic carbocycles. The zero-order valence-electron chi connectivity index (χ0n) is 14.0. The number of amides is 1. The molecule has 7 heteroatoms. The first kappa shape index (κ1) is 18.1. The summed E-state index contributed by atoms with van der Waals surface area (Å²) < 4.78 is 5.23. The van der Waals surface area contributed by atoms with E-state index in [2.05, 4.69) is 10.5 Å². The molecule has 0 fully saturated rings. The second kappa shape index (κ2) is 8.58. The molecule has 0 aliphatic rings. The Morgan fingerprint density at radius 3 is 2.72 bits per heavy atom. The van der Waals surface area contributed by atoms with Crippen LogP contribution < -0.4 is 10.2 Å². The first-order valence-corrected chi connectivity index (χ1v) is 7.72. The van der Waals surface area contributed by atoms with Crippen molar-refractivity contribution in [3.05, 3.63) is 69.8 Å². The zero-order chi connectivity index (χ0) is 18.2. The molecule has 1 unspecified atom stereocenters. The summed E-state index contributed by atoms with van der Waals surface area (Å²) in [5.74, 6) is -0.403. The molecule has 130 valence electrons. The number of aryl methyl sites for hydroxylation is 1. The molecule has 1 amide bonds. The van der Waals surface area contributed by atoms with Gasteiger partial charge in [0, 0.05) is 18.2 Å². The smallest absolute Gasteiger partial charge is 0.311 e. The number of hydrogen-bond donors (Lipinski definition) is 1. The molecule has 0 heterocycles. The standard InChI is InChI=1S/C18H19N3O4/c1-13-8-9-17(16(10-13)21(23)24)25-12-18(22)20-19-11-14(2)15-6-4-3-5-7-15/h3-11,14H,12H2,1-2H3,(H,20,22). The van der Waals surface area contributed by atoms with Crippen LogP contribution in [0.5, 0.6) is 5.75 Å². The lowest BCUT2D eigenvalue weighted by Crippen LogP contribution is -2.25. The summed E-state index contributed by atoms with van der Waals surface area (Å²) in [6.45, 7) is 3.34. The Kier molecular flexibility index (Phi) is 6.22. The van der Waals surface area contributed by atoms with Gasteiger partial charge in [0.25, 0.3) is 5.91 Å². The lowest BCUT2D eigenvalue weighted by molar-refractivity contribution is -0.385. The van der Waals surface area contributed by atoms with E-state index in [1.165, 1.54) is 12.1 Å². The predicted octanol–water partition coefficient (Wildman–Crippen LogP) is 3.19. The lowest BCUT2D eigenvalue weighted by Gasteiger charge is -2.07. The number of nitro groups is 1. The van der Waals surface area contributed by atoms with Gasteiger partial charge >= 0.3 is 5.69 Å². The van der Waals surface area contributed by atoms with Crippen LogP contribution in [0.2, 0.25) is 0 Å². The van der Waals surface area contributed by atoms with E-state index in [0.717, 1.165) is 11.1 Å². The van der Waals surface area contributed by atoms with Crippen LogP contribution in [0.1, 0.15) is 24.0 Å². The van der Waals surface area contributed by atoms with Crippen LogP contribution in [-0.4, -0.2) is 23.7 Å². The number of carbonyl (C=O) groups is 1. The summed E-state index contributed by atoms with van der Waals surface area (Å²) in [5.41, 5.74) is 3.99. The highest BCUT2D eigenvalue weighted by Crippen LogP contribution is 2.27. The average molecular weight is 341 g/mol. The van der Waals surface area contributed by atoms with Crippen molar-refractivity contribution in [1.29, 1.82) is 0 Å². The van der Waals surface area contributed by atoms with E-state index in [4.69, 9.17) is 4.74 Å². The molecule has 0 spiro atoms. The fourth-order valence-corrected chi connectivity index (χ4v) is 2.13. The fraction of sp³-hybridized carbons (Fsp3) is 0.222. The van der Waals surface area contributed by atoms with Gasteiger partial charge in [0.1, 0.15) is 0 Å². The second-order valence-corrected chi connectivity index (χ2v) is 5.53. The van der Waals surface area contributed by atoms with Gasteiger partial charge in [-0.1, -0.05) is 43.3 Å². The second-order valence-electron chi connectivity index (χ2n) is 5.53. The van der Waals surface area contributed by atoms with Crippen molar-refractivity contribution in [2.45, 2.75) is 19.8 Å². The minimum Gasteiger partial charge on any atom is -0.477 e. The maximum Gasteiger partial charge on any atom is 0.311 e. The lowest BCUT2D eigenvalue weighted by atomic mass is 10.0. The van der Waals surface area contributed by atoms with Gasteiger partial charge in [0.05, 0.1) is 4.92 Å². The molecule has 0 saturated heterocycles. The number of rotatable bonds is 7. The van der Waals surface area contributed by atoms with Gasteiger partial charge in [-0.05, 0) is 24.1 Å². The number of ether oxygens (including phenoxy) is 1. The molecule has 25 heavy (non-hydrogen) atoms. The topological polar surface area (TPSA) is 93.8 Å². The van der Waals surface area contributed by atoms with E-state index in [9.17, 15) is 14.9 Å². The van der Waals surface area contributed by atoms with Crippen LogP contribution in [0, 0.1) is 17.0 Å². The van der Waals surface area contributed by atoms with Crippen LogP contribution in [-0.2, 0) is 4.79 Å². The van der Waals surface area contributed by atoms with Crippen LogP contribution in [0.15, 0.2) is 53.6 Å². The predicted molar refractivity (Wildman–Crippen MR) is 94.8 cm³/mol. The van der Waals surface area contributed by atoms with E-state index in [1.54, 1.807) is 19.2 Å². The van der Waals surface area contributed by atoms with E-state index in [0.29, 0.717) is 0 Å². The molecule has 0 aromatic heterocycles. The number of benzene rings is 2. The molecule has 0 aliphatic heterocycles. The number of hydrogen-bond acceptors (Lipinski definition) is 5. The fourth-order valence-electron chi connectivity index (χ4n) is 2.13. The van der Waals surface area contributed by atoms with Crippen molar-refractivity contribution in [3.63, 3.8) is 0 Å². The molecule has 1 N–H and O–H groups in total. The summed E-state index contributed by atoms with van der Waals surface area (Å²) >= 11 is 0. The SMILES string of the molecule is Cc1ccc(OCC(=O)NN=CC(C)c2ccccc2)c([N+](=O)[O-])c1. The third-order valence-corrected chi connectivity index (χ3v) is 3.48. The van der Waals surface area contributed by atoms with Gasteiger partial charge < -0.3 is 4.74 Å². The van der Waals surface area contributed by atoms with Gasteiger partial charge in [-0.15, -0.1) is 0 Å². The first-order chi connectivity index (χ1) is 12.0. The number of hydrazone groups is 1. The molecule has 2 rings (SSSR count). The molecular weight excluding hydrogens is 322 g/mol. The third kappa shape index (κ3) is 5.42. The van der Waals surface area contributed by atoms with Gasteiger partial charge in [-0.3, -0.25) is 14.9 Å². The first-order valence-electron chi connectivity index (χ1n) is 7.72. The molecular formula is C18H19N3O4. The van der Waals surface area contributed by atoms with Crippen molar-refractivity contribution in [2.24, 2.45) is 5.10 Å². The van der Waals surface area contributed by atoms with Crippen molar-refractivity contribution < 1.29 is 14.5 Å². The summed E-state index contributed by atoms with van der Waals surface area (Å²) in [6, 6.07) is 14.3. The molecule has 1 atom stereocenters. The normalized spacial score (nSPS) is 11.9. The molecule has 0 saturated carbocycles. The highest BCUT2D eigenvalue weighted by atomic mass is 16.6. The Labute approximate surface area is 145 Å². The largest absolute Gasteiger partial charge is 0.477 e. The Morgan fingerprint density at radius 2 is 2.04 bits per heavy atom. The van der Waals surface area contributed by atoms with E-state index in [1.807, 2.05) is 37.3 Å². The van der Waals surface area contributed by atoms with Crippen LogP contribution in [0.25, 0.3) is 0 Å². The number of nitrogens with zero attached hydrogens (tertiary/aromatic N) is 2. The van der Waals surface area contributed by atoms with Crippen LogP contribution in [0.3, 0.4) is 0 Å². The maximum absolute atomic E-state index is 11.8. The molecule has 7 nitrogen and oxygen atoms in total. The van der Waals surface area contributed by atoms with Crippen LogP contribution in [0.4, 0.5) is 5.69 Å². The maximum atomic E-state index is 11.8. The number of nitro benzene ring substituents is 1. The van der Waals surface area contributed by atoms with Gasteiger partial charge in [-0.2, -0.15) is 5.10 Å². The molecule has 2 aromatic rings. The highest BCUT2D eigenvalue weighted by molar-refractivity contribution is 5.79. The highest BCUT2D eigenvalue weighted by Gasteiger charge is 2.16. The van der Waals surface area contributed by atoms with E-state index >= 15 is 0 Å².